The number of ketones is 3. The Hall–Kier alpha value is -1.56. The predicted molar refractivity (Wildman–Crippen MR) is 110 cm³/mol. The molecule has 0 aliphatic heterocycles. The van der Waals surface area contributed by atoms with E-state index in [1.165, 1.54) is 0 Å². The Morgan fingerprint density at radius 2 is 1.69 bits per heavy atom. The highest BCUT2D eigenvalue weighted by Crippen LogP contribution is 2.35. The Morgan fingerprint density at radius 1 is 1.03 bits per heavy atom. The summed E-state index contributed by atoms with van der Waals surface area (Å²) in [5.41, 5.74) is 0. The third kappa shape index (κ3) is 10.2. The number of carbonyl (C=O) groups excluding carboxylic acids is 4. The summed E-state index contributed by atoms with van der Waals surface area (Å²) in [6, 6.07) is 0. The second kappa shape index (κ2) is 13.6. The summed E-state index contributed by atoms with van der Waals surface area (Å²) in [5, 5.41) is 10.2. The van der Waals surface area contributed by atoms with Gasteiger partial charge in [0, 0.05) is 44.4 Å². The first kappa shape index (κ1) is 25.5. The van der Waals surface area contributed by atoms with E-state index >= 15 is 0 Å². The fourth-order valence-corrected chi connectivity index (χ4v) is 4.01. The van der Waals surface area contributed by atoms with Crippen LogP contribution in [0.5, 0.6) is 0 Å². The van der Waals surface area contributed by atoms with Crippen molar-refractivity contribution < 1.29 is 29.0 Å². The lowest BCUT2D eigenvalue weighted by atomic mass is 9.84. The molecule has 0 bridgehead atoms. The molecule has 1 rings (SSSR count). The molecule has 3 atom stereocenters. The predicted octanol–water partition coefficient (Wildman–Crippen LogP) is 3.81. The SMILES string of the molecule is CCOC(=O)CCCCC(=O)C[C@H]1C(=O)C[C@@H](O)[C@@H]1CCC(=O)CCCC(C)C. The van der Waals surface area contributed by atoms with Gasteiger partial charge in [0.05, 0.1) is 12.7 Å². The second-order valence-electron chi connectivity index (χ2n) is 8.63. The molecule has 0 amide bonds. The van der Waals surface area contributed by atoms with Crippen molar-refractivity contribution in [2.24, 2.45) is 17.8 Å². The van der Waals surface area contributed by atoms with Crippen LogP contribution in [0.25, 0.3) is 0 Å². The van der Waals surface area contributed by atoms with Crippen LogP contribution in [0.1, 0.15) is 91.4 Å². The fourth-order valence-electron chi connectivity index (χ4n) is 4.01. The maximum absolute atomic E-state index is 12.3. The van der Waals surface area contributed by atoms with E-state index in [1.54, 1.807) is 6.92 Å². The summed E-state index contributed by atoms with van der Waals surface area (Å²) < 4.78 is 4.85. The van der Waals surface area contributed by atoms with Crippen LogP contribution >= 0.6 is 0 Å². The molecule has 6 heteroatoms. The minimum absolute atomic E-state index is 0.0189. The lowest BCUT2D eigenvalue weighted by Gasteiger charge is -2.20. The zero-order chi connectivity index (χ0) is 21.8. The fraction of sp³-hybridized carbons (Fsp3) is 0.826. The second-order valence-corrected chi connectivity index (χ2v) is 8.63. The zero-order valence-electron chi connectivity index (χ0n) is 18.3. The number of esters is 1. The van der Waals surface area contributed by atoms with Gasteiger partial charge in [-0.25, -0.2) is 0 Å². The summed E-state index contributed by atoms with van der Waals surface area (Å²) in [6.07, 6.45) is 4.48. The molecule has 0 aromatic heterocycles. The van der Waals surface area contributed by atoms with Crippen molar-refractivity contribution in [1.82, 2.24) is 0 Å². The topological polar surface area (TPSA) is 97.7 Å². The smallest absolute Gasteiger partial charge is 0.305 e. The van der Waals surface area contributed by atoms with Crippen LogP contribution in [-0.4, -0.2) is 41.1 Å². The van der Waals surface area contributed by atoms with Crippen molar-refractivity contribution in [2.75, 3.05) is 6.61 Å². The van der Waals surface area contributed by atoms with Crippen molar-refractivity contribution >= 4 is 23.3 Å². The number of unbranched alkanes of at least 4 members (excludes halogenated alkanes) is 1. The molecule has 0 saturated heterocycles. The largest absolute Gasteiger partial charge is 0.466 e. The van der Waals surface area contributed by atoms with Gasteiger partial charge in [0.15, 0.2) is 0 Å². The number of hydrogen-bond donors (Lipinski definition) is 1. The van der Waals surface area contributed by atoms with Crippen molar-refractivity contribution in [3.63, 3.8) is 0 Å². The van der Waals surface area contributed by atoms with Crippen LogP contribution in [-0.2, 0) is 23.9 Å². The maximum Gasteiger partial charge on any atom is 0.305 e. The maximum atomic E-state index is 12.3. The van der Waals surface area contributed by atoms with Gasteiger partial charge >= 0.3 is 5.97 Å². The number of aliphatic hydroxyl groups excluding tert-OH is 1. The van der Waals surface area contributed by atoms with Gasteiger partial charge in [-0.2, -0.15) is 0 Å². The summed E-state index contributed by atoms with van der Waals surface area (Å²) in [5.74, 6) is -0.395. The number of aliphatic hydroxyl groups is 1. The Kier molecular flexibility index (Phi) is 12.0. The van der Waals surface area contributed by atoms with E-state index in [0.29, 0.717) is 57.5 Å². The molecule has 0 heterocycles. The lowest BCUT2D eigenvalue weighted by Crippen LogP contribution is -2.24. The average Bonchev–Trinajstić information content (AvgIpc) is 2.90. The molecule has 0 aromatic rings. The molecule has 29 heavy (non-hydrogen) atoms. The van der Waals surface area contributed by atoms with E-state index in [0.717, 1.165) is 12.8 Å². The third-order valence-corrected chi connectivity index (χ3v) is 5.67. The van der Waals surface area contributed by atoms with Gasteiger partial charge in [0.1, 0.15) is 17.3 Å². The average molecular weight is 411 g/mol. The standard InChI is InChI=1S/C23H38O6/c1-4-29-23(28)11-6-5-9-18(25)14-20-19(21(26)15-22(20)27)13-12-17(24)10-7-8-16(2)3/h16,19-21,26H,4-15H2,1-3H3/t19-,20-,21-/m1/s1. The van der Waals surface area contributed by atoms with Gasteiger partial charge in [-0.05, 0) is 44.4 Å². The highest BCUT2D eigenvalue weighted by Gasteiger charge is 2.41. The van der Waals surface area contributed by atoms with Crippen molar-refractivity contribution in [1.29, 1.82) is 0 Å². The minimum atomic E-state index is -0.757. The van der Waals surface area contributed by atoms with Gasteiger partial charge < -0.3 is 9.84 Å². The van der Waals surface area contributed by atoms with Crippen LogP contribution in [0.15, 0.2) is 0 Å². The Labute approximate surface area is 174 Å². The number of hydrogen-bond acceptors (Lipinski definition) is 6. The number of Topliss-reactive ketones (excluding diaryl/α,β-unsaturated/α-hetero) is 3. The normalized spacial score (nSPS) is 21.6. The van der Waals surface area contributed by atoms with E-state index in [-0.39, 0.29) is 42.1 Å². The van der Waals surface area contributed by atoms with Crippen LogP contribution in [0.3, 0.4) is 0 Å². The summed E-state index contributed by atoms with van der Waals surface area (Å²) in [7, 11) is 0. The van der Waals surface area contributed by atoms with Gasteiger partial charge in [-0.15, -0.1) is 0 Å². The molecule has 0 spiro atoms. The van der Waals surface area contributed by atoms with E-state index < -0.39 is 12.0 Å². The molecule has 1 aliphatic rings. The number of carbonyl (C=O) groups is 4. The van der Waals surface area contributed by atoms with Crippen molar-refractivity contribution in [3.05, 3.63) is 0 Å². The summed E-state index contributed by atoms with van der Waals surface area (Å²) in [4.78, 5) is 48.0. The van der Waals surface area contributed by atoms with E-state index in [1.807, 2.05) is 0 Å². The Morgan fingerprint density at radius 3 is 2.34 bits per heavy atom. The van der Waals surface area contributed by atoms with Crippen molar-refractivity contribution in [3.8, 4) is 0 Å². The molecule has 1 saturated carbocycles. The highest BCUT2D eigenvalue weighted by molar-refractivity contribution is 5.90. The highest BCUT2D eigenvalue weighted by atomic mass is 16.5. The number of rotatable bonds is 15. The van der Waals surface area contributed by atoms with E-state index in [2.05, 4.69) is 13.8 Å². The minimum Gasteiger partial charge on any atom is -0.466 e. The Balaban J connectivity index is 2.39. The third-order valence-electron chi connectivity index (χ3n) is 5.67. The molecule has 1 fully saturated rings. The monoisotopic (exact) mass is 410 g/mol. The number of ether oxygens (including phenoxy) is 1. The molecule has 0 unspecified atom stereocenters. The Bertz CT molecular complexity index is 554. The molecule has 1 N–H and O–H groups in total. The molecule has 6 nitrogen and oxygen atoms in total. The molecular formula is C23H38O6. The van der Waals surface area contributed by atoms with Gasteiger partial charge in [0.25, 0.3) is 0 Å². The molecule has 0 aromatic carbocycles. The van der Waals surface area contributed by atoms with E-state index in [9.17, 15) is 24.3 Å². The lowest BCUT2D eigenvalue weighted by molar-refractivity contribution is -0.143. The van der Waals surface area contributed by atoms with Crippen LogP contribution in [0.2, 0.25) is 0 Å². The van der Waals surface area contributed by atoms with E-state index in [4.69, 9.17) is 4.74 Å². The van der Waals surface area contributed by atoms with Gasteiger partial charge in [0.2, 0.25) is 0 Å². The first-order valence-electron chi connectivity index (χ1n) is 11.1. The molecule has 1 aliphatic carbocycles. The molecule has 166 valence electrons. The summed E-state index contributed by atoms with van der Waals surface area (Å²) in [6.45, 7) is 6.36. The first-order valence-corrected chi connectivity index (χ1v) is 11.1. The zero-order valence-corrected chi connectivity index (χ0v) is 18.3. The first-order chi connectivity index (χ1) is 13.7. The molecular weight excluding hydrogens is 372 g/mol. The van der Waals surface area contributed by atoms with Gasteiger partial charge in [-0.1, -0.05) is 20.3 Å². The van der Waals surface area contributed by atoms with Crippen molar-refractivity contribution in [2.45, 2.75) is 97.5 Å². The van der Waals surface area contributed by atoms with Crippen LogP contribution in [0.4, 0.5) is 0 Å². The summed E-state index contributed by atoms with van der Waals surface area (Å²) >= 11 is 0. The van der Waals surface area contributed by atoms with Crippen LogP contribution in [0, 0.1) is 17.8 Å². The van der Waals surface area contributed by atoms with Gasteiger partial charge in [-0.3, -0.25) is 19.2 Å². The quantitative estimate of drug-likeness (QED) is 0.326. The van der Waals surface area contributed by atoms with Crippen LogP contribution < -0.4 is 0 Å². The molecule has 0 radical (unpaired) electrons.